The molecule has 0 aromatic rings. The van der Waals surface area contributed by atoms with Crippen LogP contribution in [0.4, 0.5) is 0 Å². The molecule has 0 bridgehead atoms. The molecular weight excluding hydrogens is 178 g/mol. The summed E-state index contributed by atoms with van der Waals surface area (Å²) in [5, 5.41) is 11.8. The quantitative estimate of drug-likeness (QED) is 0.704. The molecule has 0 saturated heterocycles. The Morgan fingerprint density at radius 1 is 1.50 bits per heavy atom. The van der Waals surface area contributed by atoms with Gasteiger partial charge in [0.25, 0.3) is 0 Å². The van der Waals surface area contributed by atoms with Crippen molar-refractivity contribution in [2.24, 2.45) is 5.92 Å². The highest BCUT2D eigenvalue weighted by Crippen LogP contribution is 2.27. The summed E-state index contributed by atoms with van der Waals surface area (Å²) in [6.45, 7) is 2.02. The molecule has 1 amide bonds. The average Bonchev–Trinajstić information content (AvgIpc) is 2.66. The van der Waals surface area contributed by atoms with E-state index < -0.39 is 0 Å². The Bertz CT molecular complexity index is 166. The minimum atomic E-state index is -0.0519. The maximum absolute atomic E-state index is 11.5. The van der Waals surface area contributed by atoms with Gasteiger partial charge in [-0.3, -0.25) is 4.79 Å². The molecule has 0 spiro atoms. The summed E-state index contributed by atoms with van der Waals surface area (Å²) in [6.07, 6.45) is 6.39. The van der Waals surface area contributed by atoms with Crippen LogP contribution in [0.1, 0.15) is 45.4 Å². The van der Waals surface area contributed by atoms with Crippen LogP contribution in [0.3, 0.4) is 0 Å². The number of hydrogen-bond acceptors (Lipinski definition) is 2. The zero-order chi connectivity index (χ0) is 10.4. The topological polar surface area (TPSA) is 49.3 Å². The Labute approximate surface area is 85.9 Å². The van der Waals surface area contributed by atoms with Gasteiger partial charge in [0, 0.05) is 6.42 Å². The Balaban J connectivity index is 2.20. The second-order valence-electron chi connectivity index (χ2n) is 4.21. The molecule has 0 aromatic carbocycles. The summed E-state index contributed by atoms with van der Waals surface area (Å²) < 4.78 is 0. The molecule has 1 aliphatic carbocycles. The molecule has 14 heavy (non-hydrogen) atoms. The van der Waals surface area contributed by atoms with Crippen LogP contribution in [-0.4, -0.2) is 23.7 Å². The minimum Gasteiger partial charge on any atom is -0.394 e. The lowest BCUT2D eigenvalue weighted by molar-refractivity contribution is -0.123. The zero-order valence-corrected chi connectivity index (χ0v) is 8.96. The van der Waals surface area contributed by atoms with Crippen LogP contribution >= 0.6 is 0 Å². The van der Waals surface area contributed by atoms with Crippen molar-refractivity contribution in [3.63, 3.8) is 0 Å². The molecule has 3 heteroatoms. The molecule has 0 aromatic heterocycles. The second kappa shape index (κ2) is 6.02. The Hall–Kier alpha value is -0.570. The van der Waals surface area contributed by atoms with E-state index >= 15 is 0 Å². The maximum atomic E-state index is 11.5. The van der Waals surface area contributed by atoms with Crippen LogP contribution < -0.4 is 5.32 Å². The maximum Gasteiger partial charge on any atom is 0.220 e. The van der Waals surface area contributed by atoms with Crippen LogP contribution in [-0.2, 0) is 4.79 Å². The molecule has 1 atom stereocenters. The number of aliphatic hydroxyl groups excluding tert-OH is 1. The predicted octanol–water partition coefficient (Wildman–Crippen LogP) is 1.45. The lowest BCUT2D eigenvalue weighted by atomic mass is 10.0. The summed E-state index contributed by atoms with van der Waals surface area (Å²) in [5.41, 5.74) is 0. The van der Waals surface area contributed by atoms with Crippen molar-refractivity contribution in [2.45, 2.75) is 51.5 Å². The van der Waals surface area contributed by atoms with Crippen LogP contribution in [0.2, 0.25) is 0 Å². The van der Waals surface area contributed by atoms with Crippen LogP contribution in [0, 0.1) is 5.92 Å². The molecule has 0 unspecified atom stereocenters. The molecule has 1 rings (SSSR count). The van der Waals surface area contributed by atoms with Crippen molar-refractivity contribution >= 4 is 5.91 Å². The van der Waals surface area contributed by atoms with E-state index in [9.17, 15) is 4.79 Å². The monoisotopic (exact) mass is 199 g/mol. The molecule has 1 saturated carbocycles. The van der Waals surface area contributed by atoms with Crippen LogP contribution in [0.25, 0.3) is 0 Å². The van der Waals surface area contributed by atoms with Gasteiger partial charge in [0.2, 0.25) is 5.91 Å². The fourth-order valence-electron chi connectivity index (χ4n) is 2.04. The van der Waals surface area contributed by atoms with Gasteiger partial charge < -0.3 is 10.4 Å². The van der Waals surface area contributed by atoms with Gasteiger partial charge in [-0.2, -0.15) is 0 Å². The van der Waals surface area contributed by atoms with Crippen molar-refractivity contribution < 1.29 is 9.90 Å². The van der Waals surface area contributed by atoms with E-state index in [2.05, 4.69) is 5.32 Å². The van der Waals surface area contributed by atoms with Crippen molar-refractivity contribution in [3.05, 3.63) is 0 Å². The van der Waals surface area contributed by atoms with E-state index in [1.54, 1.807) is 0 Å². The number of amides is 1. The van der Waals surface area contributed by atoms with Gasteiger partial charge in [-0.25, -0.2) is 0 Å². The van der Waals surface area contributed by atoms with Gasteiger partial charge in [-0.05, 0) is 25.2 Å². The molecular formula is C11H21NO2. The highest BCUT2D eigenvalue weighted by Gasteiger charge is 2.19. The Morgan fingerprint density at radius 2 is 2.14 bits per heavy atom. The number of carbonyl (C=O) groups is 1. The first-order chi connectivity index (χ1) is 6.76. The average molecular weight is 199 g/mol. The third kappa shape index (κ3) is 3.66. The van der Waals surface area contributed by atoms with E-state index in [0.29, 0.717) is 12.3 Å². The van der Waals surface area contributed by atoms with E-state index in [-0.39, 0.29) is 18.6 Å². The van der Waals surface area contributed by atoms with Crippen LogP contribution in [0.5, 0.6) is 0 Å². The summed E-state index contributed by atoms with van der Waals surface area (Å²) in [6, 6.07) is -0.0519. The van der Waals surface area contributed by atoms with E-state index in [1.165, 1.54) is 25.7 Å². The summed E-state index contributed by atoms with van der Waals surface area (Å²) >= 11 is 0. The number of carbonyl (C=O) groups excluding carboxylic acids is 1. The largest absolute Gasteiger partial charge is 0.394 e. The van der Waals surface area contributed by atoms with E-state index in [4.69, 9.17) is 5.11 Å². The summed E-state index contributed by atoms with van der Waals surface area (Å²) in [4.78, 5) is 11.5. The molecule has 2 N–H and O–H groups in total. The zero-order valence-electron chi connectivity index (χ0n) is 8.96. The number of nitrogens with one attached hydrogen (secondary N) is 1. The van der Waals surface area contributed by atoms with E-state index in [1.807, 2.05) is 6.92 Å². The van der Waals surface area contributed by atoms with Gasteiger partial charge in [0.1, 0.15) is 0 Å². The van der Waals surface area contributed by atoms with Crippen molar-refractivity contribution in [3.8, 4) is 0 Å². The normalized spacial score (nSPS) is 19.6. The number of aliphatic hydroxyl groups is 1. The number of hydrogen-bond donors (Lipinski definition) is 2. The molecule has 0 aliphatic heterocycles. The smallest absolute Gasteiger partial charge is 0.220 e. The Kier molecular flexibility index (Phi) is 4.94. The van der Waals surface area contributed by atoms with Gasteiger partial charge in [-0.15, -0.1) is 0 Å². The summed E-state index contributed by atoms with van der Waals surface area (Å²) in [5.74, 6) is 0.698. The predicted molar refractivity (Wildman–Crippen MR) is 55.9 cm³/mol. The second-order valence-corrected chi connectivity index (χ2v) is 4.21. The molecule has 82 valence electrons. The van der Waals surface area contributed by atoms with Crippen LogP contribution in [0.15, 0.2) is 0 Å². The molecule has 0 radical (unpaired) electrons. The van der Waals surface area contributed by atoms with Crippen molar-refractivity contribution in [1.29, 1.82) is 0 Å². The summed E-state index contributed by atoms with van der Waals surface area (Å²) in [7, 11) is 0. The van der Waals surface area contributed by atoms with Crippen molar-refractivity contribution in [1.82, 2.24) is 5.32 Å². The molecule has 1 fully saturated rings. The molecule has 1 aliphatic rings. The highest BCUT2D eigenvalue weighted by molar-refractivity contribution is 5.76. The lowest BCUT2D eigenvalue weighted by Gasteiger charge is -2.15. The molecule has 3 nitrogen and oxygen atoms in total. The molecule has 0 heterocycles. The Morgan fingerprint density at radius 3 is 2.64 bits per heavy atom. The fourth-order valence-corrected chi connectivity index (χ4v) is 2.04. The first-order valence-corrected chi connectivity index (χ1v) is 5.66. The third-order valence-electron chi connectivity index (χ3n) is 3.03. The standard InChI is InChI=1S/C11H21NO2/c1-2-10(8-13)12-11(14)7-9-5-3-4-6-9/h9-10,13H,2-8H2,1H3,(H,12,14)/t10-/m1/s1. The van der Waals surface area contributed by atoms with Gasteiger partial charge in [-0.1, -0.05) is 19.8 Å². The highest BCUT2D eigenvalue weighted by atomic mass is 16.3. The van der Waals surface area contributed by atoms with Gasteiger partial charge in [0.05, 0.1) is 12.6 Å². The first kappa shape index (κ1) is 11.5. The fraction of sp³-hybridized carbons (Fsp3) is 0.909. The first-order valence-electron chi connectivity index (χ1n) is 5.66. The third-order valence-corrected chi connectivity index (χ3v) is 3.03. The lowest BCUT2D eigenvalue weighted by Crippen LogP contribution is -2.37. The minimum absolute atomic E-state index is 0.0485. The SMILES string of the molecule is CC[C@H](CO)NC(=O)CC1CCCC1. The van der Waals surface area contributed by atoms with E-state index in [0.717, 1.165) is 6.42 Å². The number of rotatable bonds is 5. The van der Waals surface area contributed by atoms with Gasteiger partial charge in [0.15, 0.2) is 0 Å². The van der Waals surface area contributed by atoms with Gasteiger partial charge >= 0.3 is 0 Å². The van der Waals surface area contributed by atoms with Crippen molar-refractivity contribution in [2.75, 3.05) is 6.61 Å².